The SMILES string of the molecule is N#C[C@@H]1CCC[C@H](Cc2nc(-c3c[nH]c4ncc(Cl)cc34)ncc2F)C1. The lowest BCUT2D eigenvalue weighted by Crippen LogP contribution is -2.17. The van der Waals surface area contributed by atoms with Crippen molar-refractivity contribution < 1.29 is 4.39 Å². The minimum atomic E-state index is -0.399. The minimum Gasteiger partial charge on any atom is -0.345 e. The summed E-state index contributed by atoms with van der Waals surface area (Å²) in [6.07, 6.45) is 8.83. The second-order valence-electron chi connectivity index (χ2n) is 6.80. The highest BCUT2D eigenvalue weighted by Gasteiger charge is 2.24. The van der Waals surface area contributed by atoms with Gasteiger partial charge in [0.2, 0.25) is 0 Å². The molecule has 26 heavy (non-hydrogen) atoms. The van der Waals surface area contributed by atoms with E-state index < -0.39 is 5.82 Å². The van der Waals surface area contributed by atoms with Crippen molar-refractivity contribution in [3.8, 4) is 17.5 Å². The number of H-pyrrole nitrogens is 1. The summed E-state index contributed by atoms with van der Waals surface area (Å²) >= 11 is 6.04. The van der Waals surface area contributed by atoms with E-state index in [1.807, 2.05) is 0 Å². The zero-order valence-electron chi connectivity index (χ0n) is 14.0. The Kier molecular flexibility index (Phi) is 4.56. The Labute approximate surface area is 155 Å². The topological polar surface area (TPSA) is 78.2 Å². The van der Waals surface area contributed by atoms with E-state index in [1.54, 1.807) is 18.5 Å². The molecule has 2 atom stereocenters. The van der Waals surface area contributed by atoms with Crippen LogP contribution in [0, 0.1) is 29.0 Å². The maximum Gasteiger partial charge on any atom is 0.163 e. The molecule has 1 aliphatic carbocycles. The van der Waals surface area contributed by atoms with E-state index >= 15 is 0 Å². The number of halogens is 2. The van der Waals surface area contributed by atoms with Crippen LogP contribution in [0.2, 0.25) is 5.02 Å². The molecule has 0 aromatic carbocycles. The van der Waals surface area contributed by atoms with Crippen LogP contribution in [0.3, 0.4) is 0 Å². The van der Waals surface area contributed by atoms with Crippen LogP contribution in [-0.4, -0.2) is 19.9 Å². The van der Waals surface area contributed by atoms with Crippen molar-refractivity contribution in [3.63, 3.8) is 0 Å². The number of hydrogen-bond acceptors (Lipinski definition) is 4. The monoisotopic (exact) mass is 369 g/mol. The third-order valence-electron chi connectivity index (χ3n) is 5.00. The summed E-state index contributed by atoms with van der Waals surface area (Å²) in [4.78, 5) is 15.9. The molecule has 1 aliphatic rings. The number of nitrogens with one attached hydrogen (secondary N) is 1. The molecule has 1 fully saturated rings. The molecule has 0 aliphatic heterocycles. The molecule has 0 spiro atoms. The molecule has 0 amide bonds. The van der Waals surface area contributed by atoms with Gasteiger partial charge in [0, 0.05) is 29.3 Å². The summed E-state index contributed by atoms with van der Waals surface area (Å²) in [5.41, 5.74) is 1.83. The minimum absolute atomic E-state index is 0.0694. The van der Waals surface area contributed by atoms with Crippen LogP contribution in [0.25, 0.3) is 22.4 Å². The van der Waals surface area contributed by atoms with E-state index in [0.717, 1.165) is 36.6 Å². The fourth-order valence-corrected chi connectivity index (χ4v) is 3.86. The largest absolute Gasteiger partial charge is 0.345 e. The molecule has 1 N–H and O–H groups in total. The van der Waals surface area contributed by atoms with Crippen molar-refractivity contribution in [2.75, 3.05) is 0 Å². The number of rotatable bonds is 3. The fourth-order valence-electron chi connectivity index (χ4n) is 3.71. The molecule has 4 rings (SSSR count). The fraction of sp³-hybridized carbons (Fsp3) is 0.368. The first kappa shape index (κ1) is 16.9. The molecule has 3 heterocycles. The third kappa shape index (κ3) is 3.27. The van der Waals surface area contributed by atoms with E-state index in [0.29, 0.717) is 28.6 Å². The Morgan fingerprint density at radius 2 is 2.19 bits per heavy atom. The number of nitriles is 1. The van der Waals surface area contributed by atoms with Gasteiger partial charge in [-0.05, 0) is 37.7 Å². The van der Waals surface area contributed by atoms with Crippen molar-refractivity contribution in [1.29, 1.82) is 5.26 Å². The van der Waals surface area contributed by atoms with E-state index in [-0.39, 0.29) is 11.8 Å². The lowest BCUT2D eigenvalue weighted by atomic mass is 9.80. The summed E-state index contributed by atoms with van der Waals surface area (Å²) in [7, 11) is 0. The summed E-state index contributed by atoms with van der Waals surface area (Å²) in [6.45, 7) is 0. The van der Waals surface area contributed by atoms with Gasteiger partial charge >= 0.3 is 0 Å². The molecule has 5 nitrogen and oxygen atoms in total. The summed E-state index contributed by atoms with van der Waals surface area (Å²) in [5, 5.41) is 10.5. The molecule has 132 valence electrons. The molecular formula is C19H17ClFN5. The Morgan fingerprint density at radius 3 is 3.04 bits per heavy atom. The highest BCUT2D eigenvalue weighted by Crippen LogP contribution is 2.32. The quantitative estimate of drug-likeness (QED) is 0.726. The standard InChI is InChI=1S/C19H17ClFN5/c20-13-6-14-15(9-24-18(14)23-8-13)19-25-10-16(21)17(26-19)5-11-2-1-3-12(4-11)7-22/h6,8-12H,1-5H2,(H,23,24)/t11-,12+/m0/s1. The summed E-state index contributed by atoms with van der Waals surface area (Å²) in [5.74, 6) is 0.401. The molecule has 1 saturated carbocycles. The molecule has 0 bridgehead atoms. The van der Waals surface area contributed by atoms with E-state index in [9.17, 15) is 4.39 Å². The van der Waals surface area contributed by atoms with Gasteiger partial charge in [-0.3, -0.25) is 0 Å². The smallest absolute Gasteiger partial charge is 0.163 e. The number of aromatic nitrogens is 4. The van der Waals surface area contributed by atoms with Crippen LogP contribution in [0.15, 0.2) is 24.7 Å². The molecule has 0 unspecified atom stereocenters. The Balaban J connectivity index is 1.65. The van der Waals surface area contributed by atoms with Crippen LogP contribution in [0.5, 0.6) is 0 Å². The molecule has 3 aromatic heterocycles. The summed E-state index contributed by atoms with van der Waals surface area (Å²) < 4.78 is 14.3. The number of nitrogens with zero attached hydrogens (tertiary/aromatic N) is 4. The zero-order valence-corrected chi connectivity index (χ0v) is 14.8. The lowest BCUT2D eigenvalue weighted by molar-refractivity contribution is 0.303. The van der Waals surface area contributed by atoms with E-state index in [2.05, 4.69) is 26.0 Å². The Bertz CT molecular complexity index is 993. The van der Waals surface area contributed by atoms with Gasteiger partial charge in [0.05, 0.1) is 23.0 Å². The molecule has 3 aromatic rings. The lowest BCUT2D eigenvalue weighted by Gasteiger charge is -2.24. The van der Waals surface area contributed by atoms with Crippen LogP contribution in [0.4, 0.5) is 4.39 Å². The van der Waals surface area contributed by atoms with Gasteiger partial charge in [-0.25, -0.2) is 19.3 Å². The van der Waals surface area contributed by atoms with Gasteiger partial charge in [0.15, 0.2) is 11.6 Å². The van der Waals surface area contributed by atoms with Gasteiger partial charge in [-0.15, -0.1) is 0 Å². The predicted molar refractivity (Wildman–Crippen MR) is 96.9 cm³/mol. The van der Waals surface area contributed by atoms with Crippen LogP contribution >= 0.6 is 11.6 Å². The first-order valence-corrected chi connectivity index (χ1v) is 9.06. The maximum absolute atomic E-state index is 14.3. The second kappa shape index (κ2) is 7.00. The Hall–Kier alpha value is -2.52. The predicted octanol–water partition coefficient (Wildman–Crippen LogP) is 4.68. The Morgan fingerprint density at radius 1 is 1.31 bits per heavy atom. The van der Waals surface area contributed by atoms with Crippen molar-refractivity contribution >= 4 is 22.6 Å². The number of aromatic amines is 1. The highest BCUT2D eigenvalue weighted by molar-refractivity contribution is 6.31. The first-order chi connectivity index (χ1) is 12.6. The number of hydrogen-bond donors (Lipinski definition) is 1. The molecule has 7 heteroatoms. The first-order valence-electron chi connectivity index (χ1n) is 8.68. The normalized spacial score (nSPS) is 20.2. The van der Waals surface area contributed by atoms with Gasteiger partial charge in [0.25, 0.3) is 0 Å². The van der Waals surface area contributed by atoms with Crippen molar-refractivity contribution in [3.05, 3.63) is 41.2 Å². The van der Waals surface area contributed by atoms with Crippen LogP contribution in [0.1, 0.15) is 31.4 Å². The van der Waals surface area contributed by atoms with Crippen molar-refractivity contribution in [1.82, 2.24) is 19.9 Å². The summed E-state index contributed by atoms with van der Waals surface area (Å²) in [6, 6.07) is 4.14. The molecule has 0 radical (unpaired) electrons. The van der Waals surface area contributed by atoms with Gasteiger partial charge in [-0.1, -0.05) is 18.0 Å². The van der Waals surface area contributed by atoms with Crippen LogP contribution in [-0.2, 0) is 6.42 Å². The van der Waals surface area contributed by atoms with E-state index in [1.165, 1.54) is 6.20 Å². The highest BCUT2D eigenvalue weighted by atomic mass is 35.5. The van der Waals surface area contributed by atoms with E-state index in [4.69, 9.17) is 16.9 Å². The van der Waals surface area contributed by atoms with Crippen molar-refractivity contribution in [2.24, 2.45) is 11.8 Å². The third-order valence-corrected chi connectivity index (χ3v) is 5.21. The molecular weight excluding hydrogens is 353 g/mol. The van der Waals surface area contributed by atoms with Gasteiger partial charge in [-0.2, -0.15) is 5.26 Å². The second-order valence-corrected chi connectivity index (χ2v) is 7.24. The average Bonchev–Trinajstić information content (AvgIpc) is 3.07. The van der Waals surface area contributed by atoms with Gasteiger partial charge in [0.1, 0.15) is 5.65 Å². The van der Waals surface area contributed by atoms with Crippen LogP contribution < -0.4 is 0 Å². The number of fused-ring (bicyclic) bond motifs is 1. The van der Waals surface area contributed by atoms with Gasteiger partial charge < -0.3 is 4.98 Å². The average molecular weight is 370 g/mol. The number of pyridine rings is 1. The zero-order chi connectivity index (χ0) is 18.1. The molecule has 0 saturated heterocycles. The maximum atomic E-state index is 14.3. The van der Waals surface area contributed by atoms with Crippen molar-refractivity contribution in [2.45, 2.75) is 32.1 Å².